The third kappa shape index (κ3) is 2.45. The molecule has 3 nitrogen and oxygen atoms in total. The Balaban J connectivity index is 2.07. The number of thiophene rings is 1. The molecule has 1 aliphatic heterocycles. The molecule has 2 heterocycles. The largest absolute Gasteiger partial charge is 0.336 e. The lowest BCUT2D eigenvalue weighted by atomic mass is 10.2. The number of carbonyl (C=O) groups excluding carboxylic acids is 1. The summed E-state index contributed by atoms with van der Waals surface area (Å²) >= 11 is 7.45. The molecule has 1 aliphatic rings. The van der Waals surface area contributed by atoms with Crippen molar-refractivity contribution in [2.45, 2.75) is 6.04 Å². The first-order chi connectivity index (χ1) is 7.70. The Hall–Kier alpha value is -0.840. The van der Waals surface area contributed by atoms with Crippen LogP contribution >= 0.6 is 22.9 Å². The number of piperazine rings is 1. The van der Waals surface area contributed by atoms with E-state index in [1.165, 1.54) is 11.0 Å². The molecule has 0 aromatic carbocycles. The van der Waals surface area contributed by atoms with E-state index in [-0.39, 0.29) is 11.9 Å². The van der Waals surface area contributed by atoms with Gasteiger partial charge in [0, 0.05) is 24.5 Å². The van der Waals surface area contributed by atoms with E-state index in [1.54, 1.807) is 11.3 Å². The van der Waals surface area contributed by atoms with Gasteiger partial charge < -0.3 is 10.2 Å². The van der Waals surface area contributed by atoms with Crippen LogP contribution in [0.25, 0.3) is 0 Å². The fraction of sp³-hybridized carbons (Fsp3) is 0.364. The van der Waals surface area contributed by atoms with Crippen LogP contribution in [-0.2, 0) is 4.79 Å². The van der Waals surface area contributed by atoms with E-state index in [0.717, 1.165) is 17.4 Å². The smallest absolute Gasteiger partial charge is 0.246 e. The highest BCUT2D eigenvalue weighted by molar-refractivity contribution is 7.16. The van der Waals surface area contributed by atoms with Gasteiger partial charge in [-0.05, 0) is 18.2 Å². The van der Waals surface area contributed by atoms with Crippen molar-refractivity contribution >= 4 is 28.8 Å². The summed E-state index contributed by atoms with van der Waals surface area (Å²) in [4.78, 5) is 14.5. The summed E-state index contributed by atoms with van der Waals surface area (Å²) in [6, 6.07) is 4.08. The summed E-state index contributed by atoms with van der Waals surface area (Å²) in [7, 11) is 0. The molecule has 1 saturated heterocycles. The molecule has 0 radical (unpaired) electrons. The minimum atomic E-state index is -0.00541. The first kappa shape index (κ1) is 11.6. The summed E-state index contributed by atoms with van der Waals surface area (Å²) in [5, 5.41) is 3.38. The van der Waals surface area contributed by atoms with Crippen LogP contribution in [0.5, 0.6) is 0 Å². The maximum Gasteiger partial charge on any atom is 0.246 e. The van der Waals surface area contributed by atoms with E-state index in [2.05, 4.69) is 11.9 Å². The summed E-state index contributed by atoms with van der Waals surface area (Å²) in [5.41, 5.74) is 0. The van der Waals surface area contributed by atoms with Gasteiger partial charge in [-0.3, -0.25) is 4.79 Å². The highest BCUT2D eigenvalue weighted by atomic mass is 35.5. The zero-order valence-electron chi connectivity index (χ0n) is 8.78. The predicted octanol–water partition coefficient (Wildman–Crippen LogP) is 2.06. The Morgan fingerprint density at radius 1 is 1.69 bits per heavy atom. The third-order valence-corrected chi connectivity index (χ3v) is 3.94. The maximum atomic E-state index is 11.5. The van der Waals surface area contributed by atoms with Crippen LogP contribution in [0, 0.1) is 0 Å². The number of nitrogens with one attached hydrogen (secondary N) is 1. The van der Waals surface area contributed by atoms with Gasteiger partial charge in [0.15, 0.2) is 0 Å². The van der Waals surface area contributed by atoms with E-state index in [1.807, 2.05) is 17.0 Å². The van der Waals surface area contributed by atoms with Gasteiger partial charge in [-0.15, -0.1) is 11.3 Å². The molecule has 0 bridgehead atoms. The van der Waals surface area contributed by atoms with E-state index < -0.39 is 0 Å². The van der Waals surface area contributed by atoms with Gasteiger partial charge in [-0.25, -0.2) is 0 Å². The molecule has 86 valence electrons. The first-order valence-corrected chi connectivity index (χ1v) is 6.30. The van der Waals surface area contributed by atoms with Gasteiger partial charge in [0.05, 0.1) is 10.4 Å². The standard InChI is InChI=1S/C11H13ClN2OS/c1-2-11(15)14-6-5-13-8(7-14)9-3-4-10(12)16-9/h2-4,8,13H,1,5-7H2. The van der Waals surface area contributed by atoms with Crippen LogP contribution < -0.4 is 5.32 Å². The van der Waals surface area contributed by atoms with Crippen LogP contribution in [0.4, 0.5) is 0 Å². The fourth-order valence-electron chi connectivity index (χ4n) is 1.79. The van der Waals surface area contributed by atoms with Crippen molar-refractivity contribution in [3.8, 4) is 0 Å². The Labute approximate surface area is 104 Å². The Kier molecular flexibility index (Phi) is 3.63. The molecule has 0 saturated carbocycles. The summed E-state index contributed by atoms with van der Waals surface area (Å²) in [5.74, 6) is -0.00541. The van der Waals surface area contributed by atoms with Crippen molar-refractivity contribution in [3.05, 3.63) is 34.0 Å². The second-order valence-corrected chi connectivity index (χ2v) is 5.38. The van der Waals surface area contributed by atoms with Crippen molar-refractivity contribution < 1.29 is 4.79 Å². The second-order valence-electron chi connectivity index (χ2n) is 3.64. The van der Waals surface area contributed by atoms with Gasteiger partial charge in [-0.2, -0.15) is 0 Å². The van der Waals surface area contributed by atoms with Gasteiger partial charge in [0.25, 0.3) is 0 Å². The normalized spacial score (nSPS) is 20.8. The van der Waals surface area contributed by atoms with Crippen molar-refractivity contribution in [2.24, 2.45) is 0 Å². The van der Waals surface area contributed by atoms with Gasteiger partial charge in [0.1, 0.15) is 0 Å². The number of amides is 1. The molecule has 1 aromatic rings. The van der Waals surface area contributed by atoms with Crippen LogP contribution in [0.1, 0.15) is 10.9 Å². The zero-order chi connectivity index (χ0) is 11.5. The molecule has 16 heavy (non-hydrogen) atoms. The SMILES string of the molecule is C=CC(=O)N1CCNC(c2ccc(Cl)s2)C1. The van der Waals surface area contributed by atoms with Crippen molar-refractivity contribution in [1.29, 1.82) is 0 Å². The van der Waals surface area contributed by atoms with Crippen LogP contribution in [0.15, 0.2) is 24.8 Å². The molecule has 1 atom stereocenters. The average Bonchev–Trinajstić information content (AvgIpc) is 2.75. The molecule has 0 spiro atoms. The Morgan fingerprint density at radius 3 is 3.12 bits per heavy atom. The molecule has 5 heteroatoms. The second kappa shape index (κ2) is 4.99. The number of nitrogens with zero attached hydrogens (tertiary/aromatic N) is 1. The Bertz CT molecular complexity index is 404. The maximum absolute atomic E-state index is 11.5. The lowest BCUT2D eigenvalue weighted by Crippen LogP contribution is -2.47. The number of rotatable bonds is 2. The fourth-order valence-corrected chi connectivity index (χ4v) is 2.91. The van der Waals surface area contributed by atoms with Gasteiger partial charge in [0.2, 0.25) is 5.91 Å². The predicted molar refractivity (Wildman–Crippen MR) is 66.8 cm³/mol. The lowest BCUT2D eigenvalue weighted by Gasteiger charge is -2.32. The topological polar surface area (TPSA) is 32.3 Å². The van der Waals surface area contributed by atoms with E-state index in [0.29, 0.717) is 6.54 Å². The van der Waals surface area contributed by atoms with Crippen LogP contribution in [0.3, 0.4) is 0 Å². The Morgan fingerprint density at radius 2 is 2.50 bits per heavy atom. The monoisotopic (exact) mass is 256 g/mol. The molecule has 1 aromatic heterocycles. The van der Waals surface area contributed by atoms with Crippen molar-refractivity contribution in [3.63, 3.8) is 0 Å². The van der Waals surface area contributed by atoms with E-state index in [4.69, 9.17) is 11.6 Å². The molecule has 1 unspecified atom stereocenters. The highest BCUT2D eigenvalue weighted by Crippen LogP contribution is 2.28. The number of halogens is 1. The first-order valence-electron chi connectivity index (χ1n) is 5.10. The van der Waals surface area contributed by atoms with E-state index in [9.17, 15) is 4.79 Å². The van der Waals surface area contributed by atoms with Gasteiger partial charge >= 0.3 is 0 Å². The summed E-state index contributed by atoms with van der Waals surface area (Å²) in [6.07, 6.45) is 1.36. The molecule has 0 aliphatic carbocycles. The molecule has 1 amide bonds. The molecule has 1 fully saturated rings. The van der Waals surface area contributed by atoms with Crippen molar-refractivity contribution in [2.75, 3.05) is 19.6 Å². The minimum absolute atomic E-state index is 0.00541. The molecule has 1 N–H and O–H groups in total. The molecule has 2 rings (SSSR count). The van der Waals surface area contributed by atoms with Gasteiger partial charge in [-0.1, -0.05) is 18.2 Å². The summed E-state index contributed by atoms with van der Waals surface area (Å²) < 4.78 is 0.781. The number of carbonyl (C=O) groups is 1. The van der Waals surface area contributed by atoms with Crippen LogP contribution in [-0.4, -0.2) is 30.4 Å². The third-order valence-electron chi connectivity index (χ3n) is 2.60. The number of hydrogen-bond donors (Lipinski definition) is 1. The average molecular weight is 257 g/mol. The highest BCUT2D eigenvalue weighted by Gasteiger charge is 2.23. The number of hydrogen-bond acceptors (Lipinski definition) is 3. The van der Waals surface area contributed by atoms with Crippen LogP contribution in [0.2, 0.25) is 4.34 Å². The summed E-state index contributed by atoms with van der Waals surface area (Å²) in [6.45, 7) is 5.73. The zero-order valence-corrected chi connectivity index (χ0v) is 10.4. The molecular weight excluding hydrogens is 244 g/mol. The lowest BCUT2D eigenvalue weighted by molar-refractivity contribution is -0.127. The molecular formula is C11H13ClN2OS. The van der Waals surface area contributed by atoms with Crippen molar-refractivity contribution in [1.82, 2.24) is 10.2 Å². The minimum Gasteiger partial charge on any atom is -0.336 e. The quantitative estimate of drug-likeness (QED) is 0.822. The van der Waals surface area contributed by atoms with E-state index >= 15 is 0 Å².